The van der Waals surface area contributed by atoms with Crippen molar-refractivity contribution in [2.45, 2.75) is 56.7 Å². The number of rotatable bonds is 2. The summed E-state index contributed by atoms with van der Waals surface area (Å²) in [5.74, 6) is 0. The second-order valence-electron chi connectivity index (χ2n) is 5.90. The van der Waals surface area contributed by atoms with E-state index in [9.17, 15) is 0 Å². The first kappa shape index (κ1) is 11.0. The Labute approximate surface area is 99.0 Å². The molecule has 0 bridgehead atoms. The van der Waals surface area contributed by atoms with Crippen LogP contribution in [-0.4, -0.2) is 54.1 Å². The zero-order chi connectivity index (χ0) is 11.0. The SMILES string of the molecule is NC1CC(N2CCC(N3CCCC3)CC2)C1. The van der Waals surface area contributed by atoms with Crippen molar-refractivity contribution in [3.8, 4) is 0 Å². The molecule has 0 aromatic rings. The molecule has 3 nitrogen and oxygen atoms in total. The fourth-order valence-electron chi connectivity index (χ4n) is 3.65. The van der Waals surface area contributed by atoms with Crippen molar-refractivity contribution >= 4 is 0 Å². The second-order valence-corrected chi connectivity index (χ2v) is 5.90. The number of likely N-dealkylation sites (tertiary alicyclic amines) is 2. The van der Waals surface area contributed by atoms with Crippen LogP contribution in [0.4, 0.5) is 0 Å². The Hall–Kier alpha value is -0.120. The highest BCUT2D eigenvalue weighted by Gasteiger charge is 2.34. The molecule has 1 aliphatic carbocycles. The first-order valence-corrected chi connectivity index (χ1v) is 7.06. The fourth-order valence-corrected chi connectivity index (χ4v) is 3.65. The summed E-state index contributed by atoms with van der Waals surface area (Å²) in [4.78, 5) is 5.42. The van der Waals surface area contributed by atoms with Crippen molar-refractivity contribution in [2.75, 3.05) is 26.2 Å². The minimum atomic E-state index is 0.501. The minimum Gasteiger partial charge on any atom is -0.328 e. The highest BCUT2D eigenvalue weighted by Crippen LogP contribution is 2.28. The third kappa shape index (κ3) is 2.13. The molecule has 2 aliphatic heterocycles. The third-order valence-corrected chi connectivity index (χ3v) is 4.82. The van der Waals surface area contributed by atoms with E-state index < -0.39 is 0 Å². The van der Waals surface area contributed by atoms with Crippen LogP contribution < -0.4 is 5.73 Å². The molecule has 0 spiro atoms. The smallest absolute Gasteiger partial charge is 0.0125 e. The molecule has 2 heterocycles. The molecule has 3 heteroatoms. The van der Waals surface area contributed by atoms with E-state index in [1.807, 2.05) is 0 Å². The van der Waals surface area contributed by atoms with Crippen LogP contribution in [0.1, 0.15) is 38.5 Å². The lowest BCUT2D eigenvalue weighted by Crippen LogP contribution is -2.54. The fraction of sp³-hybridized carbons (Fsp3) is 1.00. The van der Waals surface area contributed by atoms with Gasteiger partial charge in [0.1, 0.15) is 0 Å². The van der Waals surface area contributed by atoms with Gasteiger partial charge in [0, 0.05) is 18.1 Å². The third-order valence-electron chi connectivity index (χ3n) is 4.82. The minimum absolute atomic E-state index is 0.501. The lowest BCUT2D eigenvalue weighted by atomic mass is 9.85. The summed E-state index contributed by atoms with van der Waals surface area (Å²) in [6.45, 7) is 5.36. The maximum Gasteiger partial charge on any atom is 0.0125 e. The lowest BCUT2D eigenvalue weighted by molar-refractivity contribution is 0.0554. The molecule has 3 fully saturated rings. The first-order valence-electron chi connectivity index (χ1n) is 7.06. The molecule has 0 aromatic carbocycles. The Kier molecular flexibility index (Phi) is 3.18. The standard InChI is InChI=1S/C13H25N3/c14-11-9-13(10-11)16-7-3-12(4-8-16)15-5-1-2-6-15/h11-13H,1-10,14H2. The molecule has 3 aliphatic rings. The summed E-state index contributed by atoms with van der Waals surface area (Å²) in [6, 6.07) is 2.23. The number of piperidine rings is 1. The van der Waals surface area contributed by atoms with E-state index in [-0.39, 0.29) is 0 Å². The average molecular weight is 223 g/mol. The molecule has 0 radical (unpaired) electrons. The van der Waals surface area contributed by atoms with Gasteiger partial charge in [-0.3, -0.25) is 0 Å². The van der Waals surface area contributed by atoms with Gasteiger partial charge in [-0.2, -0.15) is 0 Å². The van der Waals surface area contributed by atoms with Crippen LogP contribution in [0.3, 0.4) is 0 Å². The summed E-state index contributed by atoms with van der Waals surface area (Å²) in [5, 5.41) is 0. The van der Waals surface area contributed by atoms with Crippen molar-refractivity contribution in [1.29, 1.82) is 0 Å². The van der Waals surface area contributed by atoms with Crippen molar-refractivity contribution in [3.63, 3.8) is 0 Å². The Morgan fingerprint density at radius 2 is 1.31 bits per heavy atom. The molecule has 0 amide bonds. The predicted molar refractivity (Wildman–Crippen MR) is 66.4 cm³/mol. The zero-order valence-electron chi connectivity index (χ0n) is 10.3. The van der Waals surface area contributed by atoms with Crippen molar-refractivity contribution < 1.29 is 0 Å². The van der Waals surface area contributed by atoms with Crippen LogP contribution in [0.25, 0.3) is 0 Å². The summed E-state index contributed by atoms with van der Waals surface area (Å²) >= 11 is 0. The highest BCUT2D eigenvalue weighted by atomic mass is 15.2. The van der Waals surface area contributed by atoms with Gasteiger partial charge in [0.15, 0.2) is 0 Å². The molecule has 16 heavy (non-hydrogen) atoms. The van der Waals surface area contributed by atoms with Gasteiger partial charge in [-0.15, -0.1) is 0 Å². The quantitative estimate of drug-likeness (QED) is 0.759. The maximum absolute atomic E-state index is 5.87. The molecular formula is C13H25N3. The van der Waals surface area contributed by atoms with E-state index in [1.165, 1.54) is 64.7 Å². The van der Waals surface area contributed by atoms with Crippen LogP contribution in [-0.2, 0) is 0 Å². The number of nitrogens with two attached hydrogens (primary N) is 1. The molecule has 3 rings (SSSR count). The Morgan fingerprint density at radius 1 is 0.750 bits per heavy atom. The van der Waals surface area contributed by atoms with Gasteiger partial charge in [-0.25, -0.2) is 0 Å². The van der Waals surface area contributed by atoms with E-state index in [1.54, 1.807) is 0 Å². The van der Waals surface area contributed by atoms with E-state index in [0.717, 1.165) is 12.1 Å². The zero-order valence-corrected chi connectivity index (χ0v) is 10.3. The molecule has 2 saturated heterocycles. The van der Waals surface area contributed by atoms with Crippen molar-refractivity contribution in [1.82, 2.24) is 9.80 Å². The predicted octanol–water partition coefficient (Wildman–Crippen LogP) is 1.04. The largest absolute Gasteiger partial charge is 0.328 e. The number of hydrogen-bond donors (Lipinski definition) is 1. The summed E-state index contributed by atoms with van der Waals surface area (Å²) < 4.78 is 0. The summed E-state index contributed by atoms with van der Waals surface area (Å²) in [5.41, 5.74) is 5.87. The van der Waals surface area contributed by atoms with Gasteiger partial charge in [0.05, 0.1) is 0 Å². The van der Waals surface area contributed by atoms with Crippen LogP contribution in [0.2, 0.25) is 0 Å². The number of hydrogen-bond acceptors (Lipinski definition) is 3. The van der Waals surface area contributed by atoms with Crippen molar-refractivity contribution in [2.24, 2.45) is 5.73 Å². The summed E-state index contributed by atoms with van der Waals surface area (Å²) in [7, 11) is 0. The number of nitrogens with zero attached hydrogens (tertiary/aromatic N) is 2. The van der Waals surface area contributed by atoms with E-state index >= 15 is 0 Å². The highest BCUT2D eigenvalue weighted by molar-refractivity contribution is 4.92. The molecule has 0 unspecified atom stereocenters. The Balaban J connectivity index is 1.44. The van der Waals surface area contributed by atoms with Gasteiger partial charge < -0.3 is 15.5 Å². The first-order chi connectivity index (χ1) is 7.83. The average Bonchev–Trinajstić information content (AvgIpc) is 2.79. The molecular weight excluding hydrogens is 198 g/mol. The molecule has 0 aromatic heterocycles. The Morgan fingerprint density at radius 3 is 1.88 bits per heavy atom. The summed E-state index contributed by atoms with van der Waals surface area (Å²) in [6.07, 6.45) is 8.13. The van der Waals surface area contributed by atoms with Crippen molar-refractivity contribution in [3.05, 3.63) is 0 Å². The van der Waals surface area contributed by atoms with Gasteiger partial charge >= 0.3 is 0 Å². The van der Waals surface area contributed by atoms with Gasteiger partial charge in [0.25, 0.3) is 0 Å². The molecule has 2 N–H and O–H groups in total. The molecule has 0 atom stereocenters. The molecule has 92 valence electrons. The van der Waals surface area contributed by atoms with Gasteiger partial charge in [-0.05, 0) is 64.7 Å². The van der Waals surface area contributed by atoms with Crippen LogP contribution in [0.15, 0.2) is 0 Å². The van der Waals surface area contributed by atoms with E-state index in [2.05, 4.69) is 9.80 Å². The van der Waals surface area contributed by atoms with Gasteiger partial charge in [0.2, 0.25) is 0 Å². The lowest BCUT2D eigenvalue weighted by Gasteiger charge is -2.45. The van der Waals surface area contributed by atoms with E-state index in [4.69, 9.17) is 5.73 Å². The van der Waals surface area contributed by atoms with Gasteiger partial charge in [-0.1, -0.05) is 0 Å². The van der Waals surface area contributed by atoms with Crippen LogP contribution in [0, 0.1) is 0 Å². The van der Waals surface area contributed by atoms with Crippen LogP contribution >= 0.6 is 0 Å². The Bertz CT molecular complexity index is 223. The van der Waals surface area contributed by atoms with Crippen LogP contribution in [0.5, 0.6) is 0 Å². The van der Waals surface area contributed by atoms with E-state index in [0.29, 0.717) is 6.04 Å². The molecule has 1 saturated carbocycles. The second kappa shape index (κ2) is 4.63. The topological polar surface area (TPSA) is 32.5 Å². The normalized spacial score (nSPS) is 38.8. The monoisotopic (exact) mass is 223 g/mol. The maximum atomic E-state index is 5.87.